The third kappa shape index (κ3) is 3.52. The van der Waals surface area contributed by atoms with E-state index in [0.29, 0.717) is 23.9 Å². The van der Waals surface area contributed by atoms with Crippen molar-refractivity contribution >= 4 is 16.8 Å². The van der Waals surface area contributed by atoms with Crippen LogP contribution in [0.4, 0.5) is 0 Å². The average molecular weight is 337 g/mol. The molecule has 1 aromatic heterocycles. The van der Waals surface area contributed by atoms with Crippen molar-refractivity contribution in [1.29, 1.82) is 0 Å². The Morgan fingerprint density at radius 1 is 1.16 bits per heavy atom. The first-order chi connectivity index (χ1) is 12.1. The molecule has 3 rings (SSSR count). The maximum Gasteiger partial charge on any atom is 0.275 e. The number of carbonyl (C=O) groups is 1. The Labute approximate surface area is 145 Å². The number of aryl methyl sites for hydroxylation is 1. The second-order valence-corrected chi connectivity index (χ2v) is 5.67. The van der Waals surface area contributed by atoms with Crippen molar-refractivity contribution in [1.82, 2.24) is 15.1 Å². The molecule has 1 heterocycles. The second-order valence-electron chi connectivity index (χ2n) is 5.67. The molecule has 6 nitrogen and oxygen atoms in total. The van der Waals surface area contributed by atoms with Crippen LogP contribution in [-0.2, 0) is 13.5 Å². The molecule has 0 unspecified atom stereocenters. The number of hydrogen-bond donors (Lipinski definition) is 1. The van der Waals surface area contributed by atoms with E-state index in [9.17, 15) is 9.59 Å². The number of benzene rings is 2. The summed E-state index contributed by atoms with van der Waals surface area (Å²) in [4.78, 5) is 24.8. The van der Waals surface area contributed by atoms with Crippen LogP contribution < -0.4 is 15.5 Å². The van der Waals surface area contributed by atoms with Crippen LogP contribution >= 0.6 is 0 Å². The number of rotatable bonds is 5. The van der Waals surface area contributed by atoms with Crippen LogP contribution in [0.1, 0.15) is 16.1 Å². The van der Waals surface area contributed by atoms with Gasteiger partial charge in [-0.15, -0.1) is 0 Å². The Hall–Kier alpha value is -3.15. The smallest absolute Gasteiger partial charge is 0.275 e. The van der Waals surface area contributed by atoms with E-state index in [0.717, 1.165) is 11.3 Å². The zero-order valence-corrected chi connectivity index (χ0v) is 14.2. The summed E-state index contributed by atoms with van der Waals surface area (Å²) in [5.41, 5.74) is 1.33. The van der Waals surface area contributed by atoms with E-state index in [1.54, 1.807) is 37.0 Å². The topological polar surface area (TPSA) is 73.2 Å². The Morgan fingerprint density at radius 2 is 1.88 bits per heavy atom. The molecule has 128 valence electrons. The van der Waals surface area contributed by atoms with Crippen LogP contribution in [0.2, 0.25) is 0 Å². The summed E-state index contributed by atoms with van der Waals surface area (Å²) in [6.07, 6.45) is 0.656. The summed E-state index contributed by atoms with van der Waals surface area (Å²) in [5, 5.41) is 7.37. The van der Waals surface area contributed by atoms with E-state index in [-0.39, 0.29) is 11.1 Å². The number of ether oxygens (including phenoxy) is 1. The van der Waals surface area contributed by atoms with Gasteiger partial charge in [-0.25, -0.2) is 0 Å². The molecule has 3 aromatic rings. The Bertz CT molecular complexity index is 962. The minimum atomic E-state index is -0.458. The highest BCUT2D eigenvalue weighted by atomic mass is 16.5. The second kappa shape index (κ2) is 7.17. The summed E-state index contributed by atoms with van der Waals surface area (Å²) in [7, 11) is 3.34. The van der Waals surface area contributed by atoms with Crippen molar-refractivity contribution in [3.05, 3.63) is 70.0 Å². The third-order valence-corrected chi connectivity index (χ3v) is 4.04. The number of carbonyl (C=O) groups excluding carboxylic acids is 1. The highest BCUT2D eigenvalue weighted by Gasteiger charge is 2.15. The Balaban J connectivity index is 1.72. The van der Waals surface area contributed by atoms with Crippen LogP contribution in [-0.4, -0.2) is 29.3 Å². The first-order valence-corrected chi connectivity index (χ1v) is 7.97. The Morgan fingerprint density at radius 3 is 2.60 bits per heavy atom. The summed E-state index contributed by atoms with van der Waals surface area (Å²) in [6.45, 7) is 0.419. The van der Waals surface area contributed by atoms with Crippen molar-refractivity contribution in [2.75, 3.05) is 13.7 Å². The quantitative estimate of drug-likeness (QED) is 0.772. The lowest BCUT2D eigenvalue weighted by Crippen LogP contribution is -2.33. The van der Waals surface area contributed by atoms with E-state index in [1.165, 1.54) is 0 Å². The van der Waals surface area contributed by atoms with E-state index < -0.39 is 5.91 Å². The monoisotopic (exact) mass is 337 g/mol. The van der Waals surface area contributed by atoms with Crippen molar-refractivity contribution in [3.63, 3.8) is 0 Å². The molecule has 0 atom stereocenters. The van der Waals surface area contributed by atoms with Crippen molar-refractivity contribution in [3.8, 4) is 5.75 Å². The van der Waals surface area contributed by atoms with Crippen LogP contribution in [0.3, 0.4) is 0 Å². The maximum atomic E-state index is 12.5. The molecular formula is C19H19N3O3. The van der Waals surface area contributed by atoms with Gasteiger partial charge in [-0.05, 0) is 36.2 Å². The van der Waals surface area contributed by atoms with Gasteiger partial charge in [0.15, 0.2) is 5.69 Å². The number of aromatic nitrogens is 2. The minimum absolute atomic E-state index is 0.0871. The number of fused-ring (bicyclic) bond motifs is 1. The van der Waals surface area contributed by atoms with Crippen LogP contribution in [0.25, 0.3) is 10.9 Å². The first-order valence-electron chi connectivity index (χ1n) is 7.97. The fourth-order valence-corrected chi connectivity index (χ4v) is 2.67. The fraction of sp³-hybridized carbons (Fsp3) is 0.211. The average Bonchev–Trinajstić information content (AvgIpc) is 2.65. The SMILES string of the molecule is COc1ccc(CCNC(=O)c2nn(C)c3ccccc3c2=O)cc1. The largest absolute Gasteiger partial charge is 0.497 e. The minimum Gasteiger partial charge on any atom is -0.497 e. The molecule has 0 aliphatic carbocycles. The van der Waals surface area contributed by atoms with Crippen LogP contribution in [0.5, 0.6) is 5.75 Å². The lowest BCUT2D eigenvalue weighted by Gasteiger charge is -2.08. The zero-order valence-electron chi connectivity index (χ0n) is 14.2. The van der Waals surface area contributed by atoms with Gasteiger partial charge in [0.05, 0.1) is 12.6 Å². The third-order valence-electron chi connectivity index (χ3n) is 4.04. The van der Waals surface area contributed by atoms with Gasteiger partial charge in [-0.2, -0.15) is 5.10 Å². The molecule has 1 N–H and O–H groups in total. The Kier molecular flexibility index (Phi) is 4.79. The van der Waals surface area contributed by atoms with Gasteiger partial charge < -0.3 is 10.1 Å². The van der Waals surface area contributed by atoms with Crippen molar-refractivity contribution in [2.24, 2.45) is 7.05 Å². The molecule has 0 fully saturated rings. The van der Waals surface area contributed by atoms with Gasteiger partial charge >= 0.3 is 0 Å². The fourth-order valence-electron chi connectivity index (χ4n) is 2.67. The number of hydrogen-bond acceptors (Lipinski definition) is 4. The lowest BCUT2D eigenvalue weighted by atomic mass is 10.1. The summed E-state index contributed by atoms with van der Waals surface area (Å²) < 4.78 is 6.66. The van der Waals surface area contributed by atoms with Gasteiger partial charge in [0.25, 0.3) is 5.91 Å². The normalized spacial score (nSPS) is 10.6. The molecule has 25 heavy (non-hydrogen) atoms. The van der Waals surface area contributed by atoms with Crippen molar-refractivity contribution < 1.29 is 9.53 Å². The van der Waals surface area contributed by atoms with E-state index >= 15 is 0 Å². The molecule has 6 heteroatoms. The van der Waals surface area contributed by atoms with Crippen LogP contribution in [0, 0.1) is 0 Å². The first kappa shape index (κ1) is 16.7. The highest BCUT2D eigenvalue weighted by molar-refractivity contribution is 5.95. The predicted molar refractivity (Wildman–Crippen MR) is 96.0 cm³/mol. The molecule has 0 spiro atoms. The molecular weight excluding hydrogens is 318 g/mol. The standard InChI is InChI=1S/C19H19N3O3/c1-22-16-6-4-3-5-15(16)18(23)17(21-22)19(24)20-12-11-13-7-9-14(25-2)10-8-13/h3-10H,11-12H2,1-2H3,(H,20,24). The molecule has 0 bridgehead atoms. The molecule has 0 aliphatic rings. The molecule has 0 radical (unpaired) electrons. The number of amides is 1. The molecule has 0 saturated carbocycles. The number of para-hydroxylation sites is 1. The molecule has 2 aromatic carbocycles. The van der Waals surface area contributed by atoms with Gasteiger partial charge in [0.2, 0.25) is 5.43 Å². The highest BCUT2D eigenvalue weighted by Crippen LogP contribution is 2.11. The lowest BCUT2D eigenvalue weighted by molar-refractivity contribution is 0.0946. The molecule has 0 saturated heterocycles. The maximum absolute atomic E-state index is 12.5. The van der Waals surface area contributed by atoms with E-state index in [2.05, 4.69) is 10.4 Å². The van der Waals surface area contributed by atoms with Crippen LogP contribution in [0.15, 0.2) is 53.3 Å². The zero-order chi connectivity index (χ0) is 17.8. The summed E-state index contributed by atoms with van der Waals surface area (Å²) >= 11 is 0. The van der Waals surface area contributed by atoms with Crippen molar-refractivity contribution in [2.45, 2.75) is 6.42 Å². The number of nitrogens with one attached hydrogen (secondary N) is 1. The molecule has 0 aliphatic heterocycles. The summed E-state index contributed by atoms with van der Waals surface area (Å²) in [6, 6.07) is 14.7. The predicted octanol–water partition coefficient (Wildman–Crippen LogP) is 1.91. The number of methoxy groups -OCH3 is 1. The molecule has 1 amide bonds. The van der Waals surface area contributed by atoms with Gasteiger partial charge in [-0.3, -0.25) is 14.3 Å². The van der Waals surface area contributed by atoms with E-state index in [4.69, 9.17) is 4.74 Å². The number of nitrogens with zero attached hydrogens (tertiary/aromatic N) is 2. The van der Waals surface area contributed by atoms with Gasteiger partial charge in [0.1, 0.15) is 5.75 Å². The summed E-state index contributed by atoms with van der Waals surface area (Å²) in [5.74, 6) is 0.330. The van der Waals surface area contributed by atoms with Gasteiger partial charge in [0, 0.05) is 19.0 Å². The van der Waals surface area contributed by atoms with Gasteiger partial charge in [-0.1, -0.05) is 24.3 Å². The van der Waals surface area contributed by atoms with E-state index in [1.807, 2.05) is 30.3 Å².